The monoisotopic (exact) mass is 319 g/mol. The maximum absolute atomic E-state index is 5.51. The molecule has 0 aliphatic heterocycles. The summed E-state index contributed by atoms with van der Waals surface area (Å²) in [4.78, 5) is 5.70. The predicted molar refractivity (Wildman–Crippen MR) is 68.7 cm³/mol. The van der Waals surface area contributed by atoms with E-state index in [4.69, 9.17) is 5.73 Å². The number of nitrogens with two attached hydrogens (primary N) is 1. The molecule has 0 bridgehead atoms. The maximum Gasteiger partial charge on any atom is 0.147 e. The molecule has 6 heteroatoms. The zero-order chi connectivity index (χ0) is 11.3. The van der Waals surface area contributed by atoms with E-state index in [1.54, 1.807) is 24.3 Å². The van der Waals surface area contributed by atoms with E-state index in [1.165, 1.54) is 0 Å². The number of halogens is 1. The largest absolute Gasteiger partial charge is 0.404 e. The van der Waals surface area contributed by atoms with Crippen LogP contribution in [0.25, 0.3) is 0 Å². The van der Waals surface area contributed by atoms with Gasteiger partial charge in [-0.05, 0) is 41.3 Å². The van der Waals surface area contributed by atoms with Crippen LogP contribution >= 0.6 is 22.6 Å². The van der Waals surface area contributed by atoms with E-state index >= 15 is 0 Å². The average Bonchev–Trinajstić information content (AvgIpc) is 2.52. The van der Waals surface area contributed by atoms with Crippen molar-refractivity contribution < 1.29 is 0 Å². The van der Waals surface area contributed by atoms with Crippen LogP contribution in [0.5, 0.6) is 0 Å². The zero-order valence-corrected chi connectivity index (χ0v) is 11.0. The summed E-state index contributed by atoms with van der Waals surface area (Å²) in [6.07, 6.45) is 4.01. The molecular formula is C9H14IN5. The Balaban J connectivity index is 2.76. The van der Waals surface area contributed by atoms with Crippen LogP contribution in [-0.2, 0) is 13.5 Å². The summed E-state index contributed by atoms with van der Waals surface area (Å²) in [5.41, 5.74) is 7.39. The van der Waals surface area contributed by atoms with Crippen LogP contribution in [0.15, 0.2) is 16.8 Å². The van der Waals surface area contributed by atoms with Crippen molar-refractivity contribution in [2.75, 3.05) is 6.54 Å². The van der Waals surface area contributed by atoms with Gasteiger partial charge in [-0.1, -0.05) is 0 Å². The van der Waals surface area contributed by atoms with E-state index in [1.807, 2.05) is 6.92 Å². The Kier molecular flexibility index (Phi) is 4.73. The van der Waals surface area contributed by atoms with Crippen LogP contribution in [0.2, 0.25) is 0 Å². The quantitative estimate of drug-likeness (QED) is 0.662. The van der Waals surface area contributed by atoms with Gasteiger partial charge in [0.25, 0.3) is 0 Å². The number of hydrogen-bond donors (Lipinski definition) is 1. The summed E-state index contributed by atoms with van der Waals surface area (Å²) < 4.78 is 0.902. The first-order valence-electron chi connectivity index (χ1n) is 4.63. The summed E-state index contributed by atoms with van der Waals surface area (Å²) >= 11 is 2.16. The van der Waals surface area contributed by atoms with Crippen molar-refractivity contribution in [2.45, 2.75) is 13.3 Å². The summed E-state index contributed by atoms with van der Waals surface area (Å²) in [5, 5.41) is 8.40. The molecule has 0 atom stereocenters. The molecule has 82 valence electrons. The minimum atomic E-state index is 0.673. The van der Waals surface area contributed by atoms with Gasteiger partial charge in [-0.2, -0.15) is 9.90 Å². The standard InChI is InChI=1S/C9H14IN5/c1-3-12-6-7(5-11)4-8-9(10)14-15(2)13-8/h5-6H,3-4,11H2,1-2H3. The Morgan fingerprint density at radius 2 is 2.33 bits per heavy atom. The number of allylic oxidation sites excluding steroid dienone is 1. The predicted octanol–water partition coefficient (Wildman–Crippen LogP) is 0.895. The molecule has 0 aliphatic rings. The molecule has 0 saturated carbocycles. The first kappa shape index (κ1) is 12.2. The van der Waals surface area contributed by atoms with Crippen molar-refractivity contribution in [1.82, 2.24) is 15.0 Å². The summed E-state index contributed by atoms with van der Waals surface area (Å²) in [6, 6.07) is 0. The molecule has 0 aromatic carbocycles. The lowest BCUT2D eigenvalue weighted by Crippen LogP contribution is -1.99. The van der Waals surface area contributed by atoms with Gasteiger partial charge in [0.15, 0.2) is 0 Å². The van der Waals surface area contributed by atoms with Crippen molar-refractivity contribution in [1.29, 1.82) is 0 Å². The van der Waals surface area contributed by atoms with Crippen LogP contribution in [0.4, 0.5) is 0 Å². The highest BCUT2D eigenvalue weighted by Crippen LogP contribution is 2.09. The Morgan fingerprint density at radius 1 is 1.60 bits per heavy atom. The molecule has 0 unspecified atom stereocenters. The van der Waals surface area contributed by atoms with Gasteiger partial charge in [0.05, 0.1) is 0 Å². The van der Waals surface area contributed by atoms with Crippen molar-refractivity contribution in [3.63, 3.8) is 0 Å². The van der Waals surface area contributed by atoms with Gasteiger partial charge < -0.3 is 5.73 Å². The molecule has 0 radical (unpaired) electrons. The van der Waals surface area contributed by atoms with Crippen LogP contribution < -0.4 is 5.73 Å². The molecule has 1 heterocycles. The highest BCUT2D eigenvalue weighted by atomic mass is 127. The Labute approximate surface area is 103 Å². The molecule has 1 aromatic heterocycles. The van der Waals surface area contributed by atoms with E-state index in [9.17, 15) is 0 Å². The highest BCUT2D eigenvalue weighted by Gasteiger charge is 2.07. The lowest BCUT2D eigenvalue weighted by Gasteiger charge is -1.97. The number of nitrogens with zero attached hydrogens (tertiary/aromatic N) is 4. The van der Waals surface area contributed by atoms with E-state index in [2.05, 4.69) is 37.8 Å². The smallest absolute Gasteiger partial charge is 0.147 e. The van der Waals surface area contributed by atoms with Crippen LogP contribution in [0.1, 0.15) is 12.6 Å². The maximum atomic E-state index is 5.51. The van der Waals surface area contributed by atoms with Crippen molar-refractivity contribution >= 4 is 28.8 Å². The second-order valence-electron chi connectivity index (χ2n) is 2.97. The van der Waals surface area contributed by atoms with Gasteiger partial charge in [-0.3, -0.25) is 4.99 Å². The zero-order valence-electron chi connectivity index (χ0n) is 8.81. The third-order valence-electron chi connectivity index (χ3n) is 1.76. The molecule has 0 saturated heterocycles. The summed E-state index contributed by atoms with van der Waals surface area (Å²) in [6.45, 7) is 2.74. The number of rotatable bonds is 4. The van der Waals surface area contributed by atoms with E-state index in [-0.39, 0.29) is 0 Å². The number of aliphatic imine (C=N–C) groups is 1. The Hall–Kier alpha value is -0.920. The number of aromatic nitrogens is 3. The lowest BCUT2D eigenvalue weighted by atomic mass is 10.2. The highest BCUT2D eigenvalue weighted by molar-refractivity contribution is 14.1. The molecule has 0 fully saturated rings. The Bertz CT molecular complexity index is 380. The first-order valence-corrected chi connectivity index (χ1v) is 5.71. The second kappa shape index (κ2) is 5.84. The molecule has 0 aliphatic carbocycles. The van der Waals surface area contributed by atoms with E-state index in [0.29, 0.717) is 6.42 Å². The lowest BCUT2D eigenvalue weighted by molar-refractivity contribution is 0.644. The fourth-order valence-electron chi connectivity index (χ4n) is 1.08. The molecule has 1 aromatic rings. The molecule has 5 nitrogen and oxygen atoms in total. The first-order chi connectivity index (χ1) is 7.17. The van der Waals surface area contributed by atoms with E-state index in [0.717, 1.165) is 21.5 Å². The van der Waals surface area contributed by atoms with Crippen LogP contribution in [0.3, 0.4) is 0 Å². The van der Waals surface area contributed by atoms with Crippen LogP contribution in [-0.4, -0.2) is 27.8 Å². The Morgan fingerprint density at radius 3 is 2.80 bits per heavy atom. The normalized spacial score (nSPS) is 12.6. The van der Waals surface area contributed by atoms with Gasteiger partial charge in [0, 0.05) is 26.2 Å². The van der Waals surface area contributed by atoms with Gasteiger partial charge in [0.2, 0.25) is 0 Å². The number of hydrogen-bond acceptors (Lipinski definition) is 4. The molecule has 1 rings (SSSR count). The molecule has 2 N–H and O–H groups in total. The van der Waals surface area contributed by atoms with Gasteiger partial charge in [0.1, 0.15) is 9.39 Å². The van der Waals surface area contributed by atoms with Gasteiger partial charge in [-0.15, -0.1) is 5.10 Å². The van der Waals surface area contributed by atoms with Gasteiger partial charge >= 0.3 is 0 Å². The second-order valence-corrected chi connectivity index (χ2v) is 4.00. The number of aryl methyl sites for hydroxylation is 1. The topological polar surface area (TPSA) is 69.1 Å². The third kappa shape index (κ3) is 3.61. The van der Waals surface area contributed by atoms with Crippen molar-refractivity contribution in [3.8, 4) is 0 Å². The molecular weight excluding hydrogens is 305 g/mol. The average molecular weight is 319 g/mol. The fraction of sp³-hybridized carbons (Fsp3) is 0.444. The fourth-order valence-corrected chi connectivity index (χ4v) is 1.69. The molecule has 0 amide bonds. The SMILES string of the molecule is CCN=CC(=CN)Cc1nn(C)nc1I. The molecule has 0 spiro atoms. The van der Waals surface area contributed by atoms with Gasteiger partial charge in [-0.25, -0.2) is 0 Å². The third-order valence-corrected chi connectivity index (χ3v) is 2.60. The summed E-state index contributed by atoms with van der Waals surface area (Å²) in [7, 11) is 1.80. The van der Waals surface area contributed by atoms with Crippen molar-refractivity contribution in [2.24, 2.45) is 17.8 Å². The minimum Gasteiger partial charge on any atom is -0.404 e. The minimum absolute atomic E-state index is 0.673. The molecule has 15 heavy (non-hydrogen) atoms. The summed E-state index contributed by atoms with van der Waals surface area (Å²) in [5.74, 6) is 0. The van der Waals surface area contributed by atoms with Crippen LogP contribution in [0, 0.1) is 3.70 Å². The van der Waals surface area contributed by atoms with E-state index < -0.39 is 0 Å². The van der Waals surface area contributed by atoms with Crippen molar-refractivity contribution in [3.05, 3.63) is 21.2 Å².